The van der Waals surface area contributed by atoms with Gasteiger partial charge in [-0.3, -0.25) is 0 Å². The van der Waals surface area contributed by atoms with Gasteiger partial charge in [0.15, 0.2) is 0 Å². The van der Waals surface area contributed by atoms with Gasteiger partial charge < -0.3 is 15.1 Å². The maximum Gasteiger partial charge on any atom is 0.0516 e. The molecule has 3 aromatic carbocycles. The fourth-order valence-electron chi connectivity index (χ4n) is 5.66. The van der Waals surface area contributed by atoms with E-state index in [0.717, 1.165) is 56.3 Å². The molecule has 1 saturated heterocycles. The van der Waals surface area contributed by atoms with Crippen LogP contribution < -0.4 is 5.32 Å². The van der Waals surface area contributed by atoms with Gasteiger partial charge >= 0.3 is 0 Å². The molecule has 1 unspecified atom stereocenters. The van der Waals surface area contributed by atoms with E-state index in [-0.39, 0.29) is 5.92 Å². The molecule has 3 nitrogen and oxygen atoms in total. The van der Waals surface area contributed by atoms with Crippen LogP contribution in [0.25, 0.3) is 0 Å². The second kappa shape index (κ2) is 14.6. The van der Waals surface area contributed by atoms with Crippen LogP contribution in [0.5, 0.6) is 0 Å². The summed E-state index contributed by atoms with van der Waals surface area (Å²) in [6.45, 7) is 21.5. The quantitative estimate of drug-likeness (QED) is 0.254. The summed E-state index contributed by atoms with van der Waals surface area (Å²) in [5, 5.41) is 3.63. The normalized spacial score (nSPS) is 16.6. The monoisotopic (exact) mass is 533 g/mol. The molecule has 0 bridgehead atoms. The first kappa shape index (κ1) is 29.3. The number of nitrogens with zero attached hydrogens (tertiary/aromatic N) is 2. The average molecular weight is 534 g/mol. The van der Waals surface area contributed by atoms with Crippen molar-refractivity contribution in [2.75, 3.05) is 26.2 Å². The van der Waals surface area contributed by atoms with E-state index >= 15 is 0 Å². The Balaban J connectivity index is 0.00000181. The van der Waals surface area contributed by atoms with E-state index in [1.54, 1.807) is 0 Å². The highest BCUT2D eigenvalue weighted by molar-refractivity contribution is 5.40. The molecule has 1 N–H and O–H groups in total. The first-order chi connectivity index (χ1) is 19.6. The van der Waals surface area contributed by atoms with Crippen LogP contribution in [0.3, 0.4) is 0 Å². The molecular formula is C37H47N3. The predicted octanol–water partition coefficient (Wildman–Crippen LogP) is 8.00. The third-order valence-corrected chi connectivity index (χ3v) is 7.96. The predicted molar refractivity (Wildman–Crippen MR) is 171 cm³/mol. The third kappa shape index (κ3) is 7.91. The topological polar surface area (TPSA) is 18.5 Å². The second-order valence-electron chi connectivity index (χ2n) is 10.9. The number of hydrogen-bond donors (Lipinski definition) is 1. The van der Waals surface area contributed by atoms with Gasteiger partial charge in [-0.25, -0.2) is 0 Å². The van der Waals surface area contributed by atoms with Gasteiger partial charge in [0.25, 0.3) is 0 Å². The second-order valence-corrected chi connectivity index (χ2v) is 10.9. The van der Waals surface area contributed by atoms with Crippen molar-refractivity contribution in [2.45, 2.75) is 51.5 Å². The molecule has 1 atom stereocenters. The van der Waals surface area contributed by atoms with Crippen molar-refractivity contribution >= 4 is 0 Å². The summed E-state index contributed by atoms with van der Waals surface area (Å²) in [5.41, 5.74) is 7.36. The number of rotatable bonds is 12. The average Bonchev–Trinajstić information content (AvgIpc) is 3.84. The van der Waals surface area contributed by atoms with Crippen molar-refractivity contribution in [2.24, 2.45) is 5.92 Å². The molecule has 210 valence electrons. The van der Waals surface area contributed by atoms with Gasteiger partial charge in [-0.1, -0.05) is 125 Å². The zero-order valence-electron chi connectivity index (χ0n) is 24.6. The molecule has 3 heteroatoms. The van der Waals surface area contributed by atoms with Gasteiger partial charge in [-0.15, -0.1) is 0 Å². The lowest BCUT2D eigenvalue weighted by Crippen LogP contribution is -2.53. The molecule has 1 heterocycles. The molecule has 3 aromatic rings. The number of nitrogens with one attached hydrogen (secondary N) is 1. The molecule has 5 rings (SSSR count). The van der Waals surface area contributed by atoms with Crippen LogP contribution in [0.15, 0.2) is 128 Å². The first-order valence-electron chi connectivity index (χ1n) is 15.0. The molecular weight excluding hydrogens is 486 g/mol. The number of hydrogen-bond acceptors (Lipinski definition) is 3. The van der Waals surface area contributed by atoms with Crippen molar-refractivity contribution in [3.8, 4) is 0 Å². The van der Waals surface area contributed by atoms with Crippen LogP contribution in [-0.2, 0) is 6.42 Å². The zero-order valence-corrected chi connectivity index (χ0v) is 24.6. The Morgan fingerprint density at radius 2 is 1.35 bits per heavy atom. The number of allylic oxidation sites excluding steroid dienone is 2. The van der Waals surface area contributed by atoms with E-state index in [1.165, 1.54) is 35.2 Å². The Morgan fingerprint density at radius 1 is 0.800 bits per heavy atom. The molecule has 0 radical (unpaired) electrons. The number of piperazine rings is 1. The Kier molecular flexibility index (Phi) is 10.7. The van der Waals surface area contributed by atoms with Crippen LogP contribution >= 0.6 is 0 Å². The van der Waals surface area contributed by atoms with Crippen molar-refractivity contribution < 1.29 is 0 Å². The lowest BCUT2D eigenvalue weighted by molar-refractivity contribution is 0.119. The van der Waals surface area contributed by atoms with Gasteiger partial charge in [-0.2, -0.15) is 0 Å². The Labute approximate surface area is 242 Å². The summed E-state index contributed by atoms with van der Waals surface area (Å²) in [4.78, 5) is 5.04. The maximum absolute atomic E-state index is 4.70. The van der Waals surface area contributed by atoms with Crippen molar-refractivity contribution in [1.82, 2.24) is 15.1 Å². The van der Waals surface area contributed by atoms with Gasteiger partial charge in [0.05, 0.1) is 6.04 Å². The molecule has 1 aliphatic heterocycles. The molecule has 0 spiro atoms. The minimum Gasteiger partial charge on any atom is -0.388 e. The van der Waals surface area contributed by atoms with Crippen LogP contribution in [0.1, 0.15) is 55.7 Å². The Bertz CT molecular complexity index is 1170. The van der Waals surface area contributed by atoms with Gasteiger partial charge in [0.1, 0.15) is 0 Å². The van der Waals surface area contributed by atoms with Crippen LogP contribution in [0.2, 0.25) is 0 Å². The summed E-state index contributed by atoms with van der Waals surface area (Å²) in [6, 6.07) is 32.6. The minimum atomic E-state index is 0.133. The SMILES string of the molecule is C=C(CC1CN(C(=C)C(c2ccccc2)c2ccccc2)CCN1C(=C)Cc1ccccc1)NCC1CC1.CC. The summed E-state index contributed by atoms with van der Waals surface area (Å²) in [7, 11) is 0. The summed E-state index contributed by atoms with van der Waals surface area (Å²) in [5.74, 6) is 0.962. The van der Waals surface area contributed by atoms with Gasteiger partial charge in [-0.05, 0) is 35.4 Å². The zero-order chi connectivity index (χ0) is 28.3. The van der Waals surface area contributed by atoms with Crippen molar-refractivity contribution in [3.63, 3.8) is 0 Å². The Hall–Kier alpha value is -3.72. The largest absolute Gasteiger partial charge is 0.388 e. The molecule has 1 saturated carbocycles. The highest BCUT2D eigenvalue weighted by Crippen LogP contribution is 2.35. The summed E-state index contributed by atoms with van der Waals surface area (Å²) >= 11 is 0. The fourth-order valence-corrected chi connectivity index (χ4v) is 5.66. The van der Waals surface area contributed by atoms with E-state index < -0.39 is 0 Å². The molecule has 0 aromatic heterocycles. The third-order valence-electron chi connectivity index (χ3n) is 7.96. The van der Waals surface area contributed by atoms with Gasteiger partial charge in [0.2, 0.25) is 0 Å². The highest BCUT2D eigenvalue weighted by Gasteiger charge is 2.32. The van der Waals surface area contributed by atoms with Crippen LogP contribution in [0.4, 0.5) is 0 Å². The van der Waals surface area contributed by atoms with E-state index in [2.05, 4.69) is 119 Å². The van der Waals surface area contributed by atoms with Crippen molar-refractivity contribution in [1.29, 1.82) is 0 Å². The van der Waals surface area contributed by atoms with Gasteiger partial charge in [0, 0.05) is 62.0 Å². The Morgan fingerprint density at radius 3 is 1.90 bits per heavy atom. The standard InChI is InChI=1S/C35H41N3.C2H6/c1-27(36-25-31-19-20-31)23-34-26-37(21-22-38(34)28(2)24-30-13-7-4-8-14-30)29(3)35(32-15-9-5-10-16-32)33-17-11-6-12-18-33;1-2/h4-18,31,34-36H,1-3,19-26H2;1-2H3. The smallest absolute Gasteiger partial charge is 0.0516 e. The highest BCUT2D eigenvalue weighted by atomic mass is 15.3. The molecule has 1 aliphatic carbocycles. The molecule has 40 heavy (non-hydrogen) atoms. The fraction of sp³-hybridized carbons (Fsp3) is 0.351. The van der Waals surface area contributed by atoms with Crippen molar-refractivity contribution in [3.05, 3.63) is 145 Å². The van der Waals surface area contributed by atoms with Crippen LogP contribution in [-0.4, -0.2) is 42.0 Å². The lowest BCUT2D eigenvalue weighted by atomic mass is 9.87. The molecule has 2 aliphatic rings. The molecule has 0 amide bonds. The maximum atomic E-state index is 4.70. The van der Waals surface area contributed by atoms with E-state index in [4.69, 9.17) is 6.58 Å². The first-order valence-corrected chi connectivity index (χ1v) is 15.0. The minimum absolute atomic E-state index is 0.133. The lowest BCUT2D eigenvalue weighted by Gasteiger charge is -2.46. The summed E-state index contributed by atoms with van der Waals surface area (Å²) < 4.78 is 0. The van der Waals surface area contributed by atoms with E-state index in [0.29, 0.717) is 6.04 Å². The summed E-state index contributed by atoms with van der Waals surface area (Å²) in [6.07, 6.45) is 4.47. The number of benzene rings is 3. The molecule has 2 fully saturated rings. The van der Waals surface area contributed by atoms with Crippen LogP contribution in [0, 0.1) is 5.92 Å². The van der Waals surface area contributed by atoms with E-state index in [9.17, 15) is 0 Å². The van der Waals surface area contributed by atoms with E-state index in [1.807, 2.05) is 13.8 Å².